The van der Waals surface area contributed by atoms with Crippen LogP contribution in [0.5, 0.6) is 17.2 Å². The minimum Gasteiger partial charge on any atom is -0.507 e. The molecular weight excluding hydrogens is 804 g/mol. The van der Waals surface area contributed by atoms with E-state index in [1.54, 1.807) is 19.1 Å². The van der Waals surface area contributed by atoms with E-state index in [2.05, 4.69) is 5.32 Å². The summed E-state index contributed by atoms with van der Waals surface area (Å²) in [5.41, 5.74) is -5.43. The molecule has 2 heterocycles. The van der Waals surface area contributed by atoms with Gasteiger partial charge in [-0.3, -0.25) is 24.0 Å². The van der Waals surface area contributed by atoms with Crippen LogP contribution in [0.4, 0.5) is 4.79 Å². The second-order valence-electron chi connectivity index (χ2n) is 16.2. The molecule has 6 N–H and O–H groups in total. The Labute approximate surface area is 348 Å². The molecule has 0 saturated carbocycles. The zero-order valence-corrected chi connectivity index (χ0v) is 33.5. The topological polar surface area (TPSA) is 282 Å². The van der Waals surface area contributed by atoms with Crippen molar-refractivity contribution >= 4 is 41.2 Å². The number of nitrogens with zero attached hydrogens (tertiary/aromatic N) is 1. The number of allylic oxidation sites excluding steroid dienone is 1. The van der Waals surface area contributed by atoms with Gasteiger partial charge in [-0.15, -0.1) is 5.06 Å². The average Bonchev–Trinajstić information content (AvgIpc) is 3.54. The Kier molecular flexibility index (Phi) is 11.8. The molecule has 2 aromatic rings. The molecule has 326 valence electrons. The van der Waals surface area contributed by atoms with E-state index in [1.807, 2.05) is 0 Å². The van der Waals surface area contributed by atoms with Crippen LogP contribution in [0.1, 0.15) is 114 Å². The first-order valence-corrected chi connectivity index (χ1v) is 19.9. The van der Waals surface area contributed by atoms with Crippen molar-refractivity contribution in [2.24, 2.45) is 5.41 Å². The van der Waals surface area contributed by atoms with Crippen molar-refractivity contribution < 1.29 is 82.9 Å². The van der Waals surface area contributed by atoms with Crippen LogP contribution >= 0.6 is 0 Å². The number of carbonyl (C=O) groups is 7. The Morgan fingerprint density at radius 1 is 1.00 bits per heavy atom. The number of ether oxygens (including phenoxy) is 4. The number of nitrogens with one attached hydrogen (secondary N) is 1. The Hall–Kier alpha value is -5.73. The van der Waals surface area contributed by atoms with Gasteiger partial charge in [0.25, 0.3) is 11.8 Å². The molecule has 8 atom stereocenters. The van der Waals surface area contributed by atoms with E-state index in [4.69, 9.17) is 23.8 Å². The third-order valence-electron chi connectivity index (χ3n) is 12.2. The Balaban J connectivity index is 1.10. The van der Waals surface area contributed by atoms with E-state index in [-0.39, 0.29) is 60.1 Å². The molecule has 7 rings (SSSR count). The molecule has 0 radical (unpaired) electrons. The molecular formula is C42H46N2O17. The second kappa shape index (κ2) is 16.6. The molecule has 2 fully saturated rings. The maximum atomic E-state index is 14.0. The van der Waals surface area contributed by atoms with E-state index in [0.29, 0.717) is 17.9 Å². The monoisotopic (exact) mass is 850 g/mol. The summed E-state index contributed by atoms with van der Waals surface area (Å²) in [6.45, 7) is 2.00. The average molecular weight is 851 g/mol. The van der Waals surface area contributed by atoms with Crippen LogP contribution in [0.3, 0.4) is 0 Å². The number of hydrogen-bond donors (Lipinski definition) is 6. The molecule has 0 spiro atoms. The summed E-state index contributed by atoms with van der Waals surface area (Å²) in [7, 11) is 1.29. The minimum atomic E-state index is -2.39. The fourth-order valence-electron chi connectivity index (χ4n) is 8.67. The lowest BCUT2D eigenvalue weighted by Gasteiger charge is -2.42. The van der Waals surface area contributed by atoms with E-state index in [9.17, 15) is 59.1 Å². The number of phenols is 2. The number of alkyl carbamates (subject to hydrolysis) is 1. The van der Waals surface area contributed by atoms with Crippen LogP contribution in [0.15, 0.2) is 30.4 Å². The summed E-state index contributed by atoms with van der Waals surface area (Å²) >= 11 is 0. The summed E-state index contributed by atoms with van der Waals surface area (Å²) in [6.07, 6.45) is -4.27. The Morgan fingerprint density at radius 2 is 1.70 bits per heavy atom. The number of aliphatic hydroxyl groups excluding tert-OH is 2. The lowest BCUT2D eigenvalue weighted by molar-refractivity contribution is -0.249. The normalized spacial score (nSPS) is 30.3. The van der Waals surface area contributed by atoms with Gasteiger partial charge in [0, 0.05) is 48.8 Å². The van der Waals surface area contributed by atoms with E-state index < -0.39 is 131 Å². The highest BCUT2D eigenvalue weighted by Crippen LogP contribution is 2.52. The number of methoxy groups -OCH3 is 1. The highest BCUT2D eigenvalue weighted by Gasteiger charge is 2.51. The largest absolute Gasteiger partial charge is 0.507 e. The summed E-state index contributed by atoms with van der Waals surface area (Å²) in [6, 6.07) is 3.17. The molecule has 2 saturated heterocycles. The molecule has 5 aliphatic rings. The van der Waals surface area contributed by atoms with Crippen molar-refractivity contribution in [3.8, 4) is 17.2 Å². The van der Waals surface area contributed by atoms with Gasteiger partial charge in [0.1, 0.15) is 41.7 Å². The first-order valence-electron chi connectivity index (χ1n) is 19.9. The number of phenolic OH excluding ortho intramolecular Hbond substituents is 2. The van der Waals surface area contributed by atoms with Crippen LogP contribution in [-0.2, 0) is 44.6 Å². The fraction of sp³-hybridized carbons (Fsp3) is 0.500. The number of hydrogen-bond acceptors (Lipinski definition) is 17. The second-order valence-corrected chi connectivity index (χ2v) is 16.2. The zero-order valence-electron chi connectivity index (χ0n) is 33.5. The van der Waals surface area contributed by atoms with Gasteiger partial charge in [-0.05, 0) is 51.7 Å². The number of fused-ring (bicyclic) bond motifs is 3. The van der Waals surface area contributed by atoms with E-state index in [1.165, 1.54) is 32.2 Å². The molecule has 19 heteroatoms. The molecule has 1 unspecified atom stereocenters. The van der Waals surface area contributed by atoms with Crippen LogP contribution < -0.4 is 10.1 Å². The molecule has 2 aliphatic heterocycles. The fourth-order valence-corrected chi connectivity index (χ4v) is 8.67. The van der Waals surface area contributed by atoms with Crippen LogP contribution in [-0.4, -0.2) is 122 Å². The predicted octanol–water partition coefficient (Wildman–Crippen LogP) is 1.88. The van der Waals surface area contributed by atoms with Gasteiger partial charge < -0.3 is 54.6 Å². The number of Topliss-reactive ketones (excluding diaryl/α,β-unsaturated/α-hetero) is 1. The van der Waals surface area contributed by atoms with Crippen molar-refractivity contribution in [2.75, 3.05) is 13.7 Å². The SMILES string of the molecule is COc1cccc2c1C(=O)c1c(O)c3c(c(O)c1C2=O)C[C@@](O)(C(=O)CO)CC3O[C@H]1C[C@H](NC(=O)O[C@H]2/C=C/CC[C@@](C)(C(=O)ON3C(=O)CCC3=O)CC2)[C@H](O)[C@H](C)O1. The van der Waals surface area contributed by atoms with Crippen LogP contribution in [0, 0.1) is 5.41 Å². The molecule has 3 amide bonds. The number of carbonyl (C=O) groups excluding carboxylic acids is 7. The predicted molar refractivity (Wildman–Crippen MR) is 204 cm³/mol. The summed E-state index contributed by atoms with van der Waals surface area (Å²) in [5.74, 6) is -6.26. The van der Waals surface area contributed by atoms with Crippen molar-refractivity contribution in [1.82, 2.24) is 10.4 Å². The lowest BCUT2D eigenvalue weighted by Crippen LogP contribution is -2.56. The molecule has 19 nitrogen and oxygen atoms in total. The quantitative estimate of drug-likeness (QED) is 0.102. The van der Waals surface area contributed by atoms with E-state index >= 15 is 0 Å². The highest BCUT2D eigenvalue weighted by atomic mass is 16.7. The third kappa shape index (κ3) is 7.87. The van der Waals surface area contributed by atoms with Gasteiger partial charge in [-0.25, -0.2) is 9.59 Å². The van der Waals surface area contributed by atoms with Gasteiger partial charge in [0.15, 0.2) is 17.9 Å². The molecule has 3 aliphatic carbocycles. The third-order valence-corrected chi connectivity index (χ3v) is 12.2. The van der Waals surface area contributed by atoms with Crippen LogP contribution in [0.2, 0.25) is 0 Å². The lowest BCUT2D eigenvalue weighted by atomic mass is 9.72. The van der Waals surface area contributed by atoms with Crippen molar-refractivity contribution in [1.29, 1.82) is 0 Å². The number of benzene rings is 2. The van der Waals surface area contributed by atoms with E-state index in [0.717, 1.165) is 0 Å². The Morgan fingerprint density at radius 3 is 2.39 bits per heavy atom. The smallest absolute Gasteiger partial charge is 0.408 e. The highest BCUT2D eigenvalue weighted by molar-refractivity contribution is 6.31. The summed E-state index contributed by atoms with van der Waals surface area (Å²) in [4.78, 5) is 96.5. The molecule has 61 heavy (non-hydrogen) atoms. The molecule has 0 aromatic heterocycles. The van der Waals surface area contributed by atoms with Gasteiger partial charge >= 0.3 is 12.1 Å². The summed E-state index contributed by atoms with van der Waals surface area (Å²) < 4.78 is 23.1. The number of rotatable bonds is 9. The molecule has 2 aromatic carbocycles. The maximum Gasteiger partial charge on any atom is 0.408 e. The number of hydroxylamine groups is 2. The minimum absolute atomic E-state index is 0.0354. The van der Waals surface area contributed by atoms with Crippen molar-refractivity contribution in [3.05, 3.63) is 63.7 Å². The maximum absolute atomic E-state index is 14.0. The van der Waals surface area contributed by atoms with Gasteiger partial charge in [0.05, 0.1) is 47.5 Å². The van der Waals surface area contributed by atoms with Crippen molar-refractivity contribution in [3.63, 3.8) is 0 Å². The van der Waals surface area contributed by atoms with Crippen LogP contribution in [0.25, 0.3) is 0 Å². The summed E-state index contributed by atoms with van der Waals surface area (Å²) in [5, 5.41) is 59.0. The van der Waals surface area contributed by atoms with Gasteiger partial charge in [-0.1, -0.05) is 18.2 Å². The molecule has 0 bridgehead atoms. The number of amides is 3. The number of ketones is 3. The first kappa shape index (κ1) is 43.4. The number of aliphatic hydroxyl groups is 3. The Bertz CT molecular complexity index is 2220. The number of aromatic hydroxyl groups is 2. The van der Waals surface area contributed by atoms with Gasteiger partial charge in [-0.2, -0.15) is 0 Å². The zero-order chi connectivity index (χ0) is 44.1. The first-order chi connectivity index (χ1) is 28.9. The standard InChI is InChI=1S/C42H46N2O17/c1-19-34(49)23(43-40(55)59-20-7-4-5-13-41(2,14-12-20)39(54)61-44-27(47)10-11-28(44)48)15-29(58-19)60-25-17-42(56,26(46)18-45)16-22-31(25)38(53)33-32(36(22)51)35(50)21-8-6-9-24(57-3)30(21)37(33)52/h4,6-9,19-20,23,25,29,34,45,49,51,53,56H,5,10-18H2,1-3H3,(H,43,55)/b7-4+/t19-,20-,23-,25?,29-,34+,41+,42-/m0/s1. The van der Waals surface area contributed by atoms with Gasteiger partial charge in [0.2, 0.25) is 5.78 Å². The number of imide groups is 1. The van der Waals surface area contributed by atoms with Crippen molar-refractivity contribution in [2.45, 2.75) is 114 Å².